The van der Waals surface area contributed by atoms with Gasteiger partial charge in [-0.1, -0.05) is 98.3 Å². The molecule has 0 unspecified atom stereocenters. The first-order valence-corrected chi connectivity index (χ1v) is 15.0. The average molecular weight is 560 g/mol. The second-order valence-electron chi connectivity index (χ2n) is 10.5. The van der Waals surface area contributed by atoms with Crippen LogP contribution in [0.2, 0.25) is 0 Å². The highest BCUT2D eigenvalue weighted by Gasteiger charge is 2.22. The minimum Gasteiger partial charge on any atom is -0.497 e. The first-order chi connectivity index (χ1) is 20.7. The molecule has 5 aromatic rings. The van der Waals surface area contributed by atoms with E-state index in [0.29, 0.717) is 6.61 Å². The van der Waals surface area contributed by atoms with E-state index in [9.17, 15) is 0 Å². The standard InChI is InChI=1S/C37H41N3O2/c1-4-6-24-40-35(36(31-15-9-7-10-16-31)38-37(40)32-17-11-8-12-18-32)28-39(26-29-20-22-33(41-3)23-21-29)27-30-14-13-19-34(25-30)42-5-2/h7-23,25H,4-6,24,26-28H2,1-3H3. The lowest BCUT2D eigenvalue weighted by molar-refractivity contribution is 0.240. The van der Waals surface area contributed by atoms with Crippen molar-refractivity contribution in [2.45, 2.75) is 52.9 Å². The summed E-state index contributed by atoms with van der Waals surface area (Å²) in [5.41, 5.74) is 7.03. The Balaban J connectivity index is 1.59. The molecule has 0 saturated heterocycles. The van der Waals surface area contributed by atoms with E-state index in [1.807, 2.05) is 25.1 Å². The van der Waals surface area contributed by atoms with Gasteiger partial charge in [-0.25, -0.2) is 4.98 Å². The number of imidazole rings is 1. The molecule has 1 aromatic heterocycles. The van der Waals surface area contributed by atoms with Crippen molar-refractivity contribution in [3.63, 3.8) is 0 Å². The van der Waals surface area contributed by atoms with Crippen LogP contribution in [0.25, 0.3) is 22.6 Å². The van der Waals surface area contributed by atoms with E-state index >= 15 is 0 Å². The van der Waals surface area contributed by atoms with Crippen LogP contribution in [0.4, 0.5) is 0 Å². The molecule has 0 N–H and O–H groups in total. The molecule has 42 heavy (non-hydrogen) atoms. The topological polar surface area (TPSA) is 39.5 Å². The normalized spacial score (nSPS) is 11.1. The van der Waals surface area contributed by atoms with Crippen LogP contribution in [-0.2, 0) is 26.2 Å². The lowest BCUT2D eigenvalue weighted by Gasteiger charge is -2.25. The van der Waals surface area contributed by atoms with Gasteiger partial charge in [0.15, 0.2) is 0 Å². The Morgan fingerprint density at radius 2 is 1.38 bits per heavy atom. The zero-order valence-corrected chi connectivity index (χ0v) is 25.0. The van der Waals surface area contributed by atoms with Crippen molar-refractivity contribution >= 4 is 0 Å². The summed E-state index contributed by atoms with van der Waals surface area (Å²) in [5, 5.41) is 0. The van der Waals surface area contributed by atoms with E-state index in [0.717, 1.165) is 73.2 Å². The second-order valence-corrected chi connectivity index (χ2v) is 10.5. The molecule has 0 spiro atoms. The van der Waals surface area contributed by atoms with Gasteiger partial charge in [-0.3, -0.25) is 4.90 Å². The third-order valence-corrected chi connectivity index (χ3v) is 7.44. The van der Waals surface area contributed by atoms with Gasteiger partial charge in [0, 0.05) is 37.3 Å². The van der Waals surface area contributed by atoms with Gasteiger partial charge in [-0.15, -0.1) is 0 Å². The van der Waals surface area contributed by atoms with E-state index in [2.05, 4.69) is 107 Å². The molecule has 1 heterocycles. The summed E-state index contributed by atoms with van der Waals surface area (Å²) in [7, 11) is 1.71. The summed E-state index contributed by atoms with van der Waals surface area (Å²) in [4.78, 5) is 7.84. The SMILES string of the molecule is CCCCn1c(-c2ccccc2)nc(-c2ccccc2)c1CN(Cc1ccc(OC)cc1)Cc1cccc(OCC)c1. The van der Waals surface area contributed by atoms with Crippen molar-refractivity contribution in [2.75, 3.05) is 13.7 Å². The molecule has 0 aliphatic rings. The predicted molar refractivity (Wildman–Crippen MR) is 172 cm³/mol. The summed E-state index contributed by atoms with van der Waals surface area (Å²) in [6.07, 6.45) is 2.21. The molecule has 0 radical (unpaired) electrons. The Bertz CT molecular complexity index is 1530. The van der Waals surface area contributed by atoms with Gasteiger partial charge in [0.1, 0.15) is 17.3 Å². The van der Waals surface area contributed by atoms with Crippen LogP contribution in [0.1, 0.15) is 43.5 Å². The van der Waals surface area contributed by atoms with Gasteiger partial charge in [0.05, 0.1) is 25.1 Å². The molecular formula is C37H41N3O2. The zero-order valence-electron chi connectivity index (χ0n) is 25.0. The molecule has 0 aliphatic carbocycles. The molecule has 4 aromatic carbocycles. The van der Waals surface area contributed by atoms with E-state index in [1.165, 1.54) is 16.8 Å². The van der Waals surface area contributed by atoms with Crippen molar-refractivity contribution in [3.05, 3.63) is 126 Å². The Morgan fingerprint density at radius 1 is 0.690 bits per heavy atom. The molecule has 0 fully saturated rings. The van der Waals surface area contributed by atoms with Crippen molar-refractivity contribution in [2.24, 2.45) is 0 Å². The molecule has 0 aliphatic heterocycles. The number of nitrogens with zero attached hydrogens (tertiary/aromatic N) is 3. The van der Waals surface area contributed by atoms with Crippen LogP contribution in [-0.4, -0.2) is 28.2 Å². The molecule has 5 rings (SSSR count). The van der Waals surface area contributed by atoms with Crippen LogP contribution < -0.4 is 9.47 Å². The molecule has 0 atom stereocenters. The molecule has 5 nitrogen and oxygen atoms in total. The van der Waals surface area contributed by atoms with Crippen molar-refractivity contribution in [1.82, 2.24) is 14.5 Å². The maximum Gasteiger partial charge on any atom is 0.140 e. The smallest absolute Gasteiger partial charge is 0.140 e. The van der Waals surface area contributed by atoms with Crippen LogP contribution in [0.3, 0.4) is 0 Å². The highest BCUT2D eigenvalue weighted by Crippen LogP contribution is 2.32. The van der Waals surface area contributed by atoms with Crippen LogP contribution in [0, 0.1) is 0 Å². The minimum absolute atomic E-state index is 0.651. The Hall–Kier alpha value is -4.35. The highest BCUT2D eigenvalue weighted by molar-refractivity contribution is 5.68. The first kappa shape index (κ1) is 29.2. The summed E-state index contributed by atoms with van der Waals surface area (Å²) < 4.78 is 13.7. The van der Waals surface area contributed by atoms with Crippen molar-refractivity contribution in [3.8, 4) is 34.1 Å². The third kappa shape index (κ3) is 7.29. The maximum absolute atomic E-state index is 5.84. The Labute approximate surface area is 250 Å². The van der Waals surface area contributed by atoms with Crippen molar-refractivity contribution in [1.29, 1.82) is 0 Å². The van der Waals surface area contributed by atoms with E-state index < -0.39 is 0 Å². The van der Waals surface area contributed by atoms with Crippen LogP contribution in [0.5, 0.6) is 11.5 Å². The summed E-state index contributed by atoms with van der Waals surface area (Å²) in [5.74, 6) is 2.80. The monoisotopic (exact) mass is 559 g/mol. The van der Waals surface area contributed by atoms with E-state index in [4.69, 9.17) is 14.5 Å². The van der Waals surface area contributed by atoms with E-state index in [-0.39, 0.29) is 0 Å². The molecule has 0 bridgehead atoms. The van der Waals surface area contributed by atoms with Gasteiger partial charge in [0.2, 0.25) is 0 Å². The van der Waals surface area contributed by atoms with Gasteiger partial charge in [-0.2, -0.15) is 0 Å². The third-order valence-electron chi connectivity index (χ3n) is 7.44. The lowest BCUT2D eigenvalue weighted by atomic mass is 10.1. The fourth-order valence-corrected chi connectivity index (χ4v) is 5.37. The van der Waals surface area contributed by atoms with Gasteiger partial charge >= 0.3 is 0 Å². The lowest BCUT2D eigenvalue weighted by Crippen LogP contribution is -2.24. The Morgan fingerprint density at radius 3 is 2.05 bits per heavy atom. The predicted octanol–water partition coefficient (Wildman–Crippen LogP) is 8.63. The van der Waals surface area contributed by atoms with Gasteiger partial charge in [-0.05, 0) is 48.7 Å². The van der Waals surface area contributed by atoms with Gasteiger partial charge in [0.25, 0.3) is 0 Å². The number of hydrogen-bond donors (Lipinski definition) is 0. The largest absolute Gasteiger partial charge is 0.497 e. The second kappa shape index (κ2) is 14.5. The number of rotatable bonds is 14. The molecule has 5 heteroatoms. The molecule has 216 valence electrons. The molecule has 0 saturated carbocycles. The number of ether oxygens (including phenoxy) is 2. The maximum atomic E-state index is 5.84. The summed E-state index contributed by atoms with van der Waals surface area (Å²) in [6, 6.07) is 38.0. The number of methoxy groups -OCH3 is 1. The molecular weight excluding hydrogens is 518 g/mol. The number of hydrogen-bond acceptors (Lipinski definition) is 4. The quantitative estimate of drug-likeness (QED) is 0.137. The average Bonchev–Trinajstić information content (AvgIpc) is 3.39. The van der Waals surface area contributed by atoms with E-state index in [1.54, 1.807) is 7.11 Å². The number of aromatic nitrogens is 2. The van der Waals surface area contributed by atoms with Gasteiger partial charge < -0.3 is 14.0 Å². The summed E-state index contributed by atoms with van der Waals surface area (Å²) >= 11 is 0. The van der Waals surface area contributed by atoms with Crippen molar-refractivity contribution < 1.29 is 9.47 Å². The Kier molecular flexibility index (Phi) is 10.1. The number of benzene rings is 4. The minimum atomic E-state index is 0.651. The van der Waals surface area contributed by atoms with Crippen LogP contribution >= 0.6 is 0 Å². The zero-order chi connectivity index (χ0) is 29.1. The molecule has 0 amide bonds. The first-order valence-electron chi connectivity index (χ1n) is 15.0. The number of unbranched alkanes of at least 4 members (excludes halogenated alkanes) is 1. The fraction of sp³-hybridized carbons (Fsp3) is 0.270. The fourth-order valence-electron chi connectivity index (χ4n) is 5.37. The summed E-state index contributed by atoms with van der Waals surface area (Å²) in [6.45, 7) is 8.16. The van der Waals surface area contributed by atoms with Crippen LogP contribution in [0.15, 0.2) is 109 Å². The highest BCUT2D eigenvalue weighted by atomic mass is 16.5.